The summed E-state index contributed by atoms with van der Waals surface area (Å²) in [6.07, 6.45) is 12.2. The molecule has 0 bridgehead atoms. The lowest BCUT2D eigenvalue weighted by Gasteiger charge is -2.00. The first-order valence-corrected chi connectivity index (χ1v) is 8.25. The molecule has 0 radical (unpaired) electrons. The molecule has 0 saturated carbocycles. The molecule has 0 aliphatic rings. The van der Waals surface area contributed by atoms with Crippen LogP contribution in [-0.2, 0) is 0 Å². The second kappa shape index (κ2) is 10.9. The maximum atomic E-state index is 13.2. The van der Waals surface area contributed by atoms with E-state index in [1.54, 1.807) is 0 Å². The number of carbonyl (C=O) groups is 1. The Balaban J connectivity index is 2.10. The van der Waals surface area contributed by atoms with Crippen LogP contribution < -0.4 is 0 Å². The number of unbranched alkanes of at least 4 members (excludes halogenated alkanes) is 9. The van der Waals surface area contributed by atoms with E-state index in [1.807, 2.05) is 0 Å². The van der Waals surface area contributed by atoms with Crippen molar-refractivity contribution < 1.29 is 14.3 Å². The summed E-state index contributed by atoms with van der Waals surface area (Å²) >= 11 is 0. The largest absolute Gasteiger partial charge is 0.476 e. The average Bonchev–Trinajstić information content (AvgIpc) is 2.86. The Labute approximate surface area is 132 Å². The maximum Gasteiger partial charge on any atom is 0.355 e. The fraction of sp³-hybridized carbons (Fsp3) is 0.611. The summed E-state index contributed by atoms with van der Waals surface area (Å²) in [7, 11) is 0. The highest BCUT2D eigenvalue weighted by molar-refractivity contribution is 5.86. The number of aromatic amines is 1. The molecule has 1 aromatic rings. The predicted molar refractivity (Wildman–Crippen MR) is 86.4 cm³/mol. The Bertz CT molecular complexity index is 511. The van der Waals surface area contributed by atoms with Crippen molar-refractivity contribution in [1.82, 2.24) is 4.98 Å². The van der Waals surface area contributed by atoms with Gasteiger partial charge in [-0.05, 0) is 12.3 Å². The smallest absolute Gasteiger partial charge is 0.355 e. The van der Waals surface area contributed by atoms with Gasteiger partial charge in [-0.25, -0.2) is 9.18 Å². The van der Waals surface area contributed by atoms with Gasteiger partial charge < -0.3 is 10.1 Å². The van der Waals surface area contributed by atoms with Gasteiger partial charge in [0, 0.05) is 12.5 Å². The Morgan fingerprint density at radius 3 is 2.27 bits per heavy atom. The standard InChI is InChI=1S/C18H26FNO2/c1-2-3-4-5-6-7-8-9-10-11-12-13-15-14-16(19)17(20-15)18(21)22/h14,20H,2-11H2,1H3,(H,21,22). The van der Waals surface area contributed by atoms with Crippen molar-refractivity contribution in [3.8, 4) is 11.8 Å². The molecule has 1 aromatic heterocycles. The van der Waals surface area contributed by atoms with Gasteiger partial charge in [-0.3, -0.25) is 0 Å². The molecule has 122 valence electrons. The van der Waals surface area contributed by atoms with Crippen LogP contribution in [0.2, 0.25) is 0 Å². The van der Waals surface area contributed by atoms with Crippen LogP contribution >= 0.6 is 0 Å². The van der Waals surface area contributed by atoms with Crippen LogP contribution in [0.4, 0.5) is 4.39 Å². The highest BCUT2D eigenvalue weighted by atomic mass is 19.1. The molecule has 0 fully saturated rings. The molecule has 0 aliphatic heterocycles. The molecule has 0 unspecified atom stereocenters. The summed E-state index contributed by atoms with van der Waals surface area (Å²) in [5.74, 6) is 3.67. The van der Waals surface area contributed by atoms with Gasteiger partial charge >= 0.3 is 5.97 Å². The lowest BCUT2D eigenvalue weighted by atomic mass is 10.1. The van der Waals surface area contributed by atoms with Gasteiger partial charge in [0.25, 0.3) is 0 Å². The third-order valence-corrected chi connectivity index (χ3v) is 3.61. The van der Waals surface area contributed by atoms with Crippen molar-refractivity contribution in [2.24, 2.45) is 0 Å². The molecule has 0 aliphatic carbocycles. The van der Waals surface area contributed by atoms with Crippen molar-refractivity contribution in [3.63, 3.8) is 0 Å². The number of hydrogen-bond donors (Lipinski definition) is 2. The van der Waals surface area contributed by atoms with Gasteiger partial charge in [-0.1, -0.05) is 64.2 Å². The monoisotopic (exact) mass is 307 g/mol. The minimum Gasteiger partial charge on any atom is -0.476 e. The number of rotatable bonds is 10. The Morgan fingerprint density at radius 1 is 1.14 bits per heavy atom. The fourth-order valence-corrected chi connectivity index (χ4v) is 2.33. The second-order valence-electron chi connectivity index (χ2n) is 5.59. The van der Waals surface area contributed by atoms with Gasteiger partial charge in [-0.2, -0.15) is 0 Å². The Hall–Kier alpha value is -1.76. The minimum atomic E-state index is -1.30. The number of nitrogens with one attached hydrogen (secondary N) is 1. The molecule has 22 heavy (non-hydrogen) atoms. The van der Waals surface area contributed by atoms with E-state index >= 15 is 0 Å². The van der Waals surface area contributed by atoms with Crippen LogP contribution in [0.3, 0.4) is 0 Å². The molecule has 0 amide bonds. The highest BCUT2D eigenvalue weighted by Gasteiger charge is 2.12. The van der Waals surface area contributed by atoms with E-state index in [-0.39, 0.29) is 0 Å². The Morgan fingerprint density at radius 2 is 1.73 bits per heavy atom. The van der Waals surface area contributed by atoms with Crippen molar-refractivity contribution in [3.05, 3.63) is 23.3 Å². The Kier molecular flexibility index (Phi) is 9.06. The van der Waals surface area contributed by atoms with E-state index in [0.717, 1.165) is 18.9 Å². The summed E-state index contributed by atoms with van der Waals surface area (Å²) in [5, 5.41) is 8.72. The quantitative estimate of drug-likeness (QED) is 0.465. The van der Waals surface area contributed by atoms with Crippen LogP contribution in [0.15, 0.2) is 6.07 Å². The molecular weight excluding hydrogens is 281 g/mol. The molecule has 0 spiro atoms. The van der Waals surface area contributed by atoms with Gasteiger partial charge in [-0.15, -0.1) is 0 Å². The summed E-state index contributed by atoms with van der Waals surface area (Å²) in [5.41, 5.74) is -0.0989. The SMILES string of the molecule is CCCCCCCCCCCC#Cc1cc(F)c(C(=O)O)[nH]1. The third-order valence-electron chi connectivity index (χ3n) is 3.61. The molecule has 1 heterocycles. The van der Waals surface area contributed by atoms with Crippen LogP contribution in [0.1, 0.15) is 87.3 Å². The second-order valence-corrected chi connectivity index (χ2v) is 5.59. The summed E-state index contributed by atoms with van der Waals surface area (Å²) in [4.78, 5) is 13.1. The van der Waals surface area contributed by atoms with Crippen molar-refractivity contribution in [2.75, 3.05) is 0 Å². The topological polar surface area (TPSA) is 53.1 Å². The van der Waals surface area contributed by atoms with E-state index in [4.69, 9.17) is 5.11 Å². The highest BCUT2D eigenvalue weighted by Crippen LogP contribution is 2.11. The maximum absolute atomic E-state index is 13.2. The number of hydrogen-bond acceptors (Lipinski definition) is 1. The number of aromatic nitrogens is 1. The van der Waals surface area contributed by atoms with Crippen molar-refractivity contribution >= 4 is 5.97 Å². The van der Waals surface area contributed by atoms with Crippen molar-refractivity contribution in [2.45, 2.75) is 71.1 Å². The predicted octanol–water partition coefficient (Wildman–Crippen LogP) is 5.12. The third kappa shape index (κ3) is 7.31. The first-order valence-electron chi connectivity index (χ1n) is 8.25. The molecule has 4 heteroatoms. The number of halogens is 1. The molecule has 3 nitrogen and oxygen atoms in total. The first-order chi connectivity index (χ1) is 10.6. The van der Waals surface area contributed by atoms with Crippen LogP contribution in [0.5, 0.6) is 0 Å². The summed E-state index contributed by atoms with van der Waals surface area (Å²) in [6.45, 7) is 2.23. The zero-order chi connectivity index (χ0) is 16.2. The molecule has 1 rings (SSSR count). The van der Waals surface area contributed by atoms with Crippen LogP contribution in [0.25, 0.3) is 0 Å². The van der Waals surface area contributed by atoms with Gasteiger partial charge in [0.05, 0.1) is 5.69 Å². The molecular formula is C18H26FNO2. The van der Waals surface area contributed by atoms with E-state index in [2.05, 4.69) is 23.7 Å². The van der Waals surface area contributed by atoms with E-state index in [9.17, 15) is 9.18 Å². The number of carboxylic acids is 1. The van der Waals surface area contributed by atoms with Gasteiger partial charge in [0.2, 0.25) is 0 Å². The first kappa shape index (κ1) is 18.3. The van der Waals surface area contributed by atoms with E-state index < -0.39 is 17.5 Å². The fourth-order valence-electron chi connectivity index (χ4n) is 2.33. The van der Waals surface area contributed by atoms with Gasteiger partial charge in [0.15, 0.2) is 11.5 Å². The summed E-state index contributed by atoms with van der Waals surface area (Å²) < 4.78 is 13.2. The molecule has 0 aromatic carbocycles. The molecule has 2 N–H and O–H groups in total. The summed E-state index contributed by atoms with van der Waals surface area (Å²) in [6, 6.07) is 1.13. The molecule has 0 saturated heterocycles. The minimum absolute atomic E-state index is 0.325. The lowest BCUT2D eigenvalue weighted by molar-refractivity contribution is 0.0686. The number of H-pyrrole nitrogens is 1. The van der Waals surface area contributed by atoms with Crippen LogP contribution in [0, 0.1) is 17.7 Å². The normalized spacial score (nSPS) is 10.3. The lowest BCUT2D eigenvalue weighted by Crippen LogP contribution is -1.98. The van der Waals surface area contributed by atoms with E-state index in [0.29, 0.717) is 5.69 Å². The molecule has 0 atom stereocenters. The van der Waals surface area contributed by atoms with E-state index in [1.165, 1.54) is 51.4 Å². The van der Waals surface area contributed by atoms with Crippen molar-refractivity contribution in [1.29, 1.82) is 0 Å². The van der Waals surface area contributed by atoms with Gasteiger partial charge in [0.1, 0.15) is 0 Å². The number of aromatic carboxylic acids is 1. The average molecular weight is 307 g/mol. The zero-order valence-corrected chi connectivity index (χ0v) is 13.4. The zero-order valence-electron chi connectivity index (χ0n) is 13.4. The number of carboxylic acid groups (broad SMARTS) is 1. The van der Waals surface area contributed by atoms with Crippen LogP contribution in [-0.4, -0.2) is 16.1 Å².